The van der Waals surface area contributed by atoms with E-state index in [-0.39, 0.29) is 5.15 Å². The number of carbonyl (C=O) groups is 1. The molecule has 0 unspecified atom stereocenters. The third-order valence-corrected chi connectivity index (χ3v) is 2.90. The van der Waals surface area contributed by atoms with Crippen molar-refractivity contribution in [2.24, 2.45) is 7.05 Å². The van der Waals surface area contributed by atoms with Gasteiger partial charge in [-0.1, -0.05) is 17.7 Å². The van der Waals surface area contributed by atoms with E-state index in [2.05, 4.69) is 10.4 Å². The van der Waals surface area contributed by atoms with Crippen LogP contribution in [0.4, 0.5) is 10.1 Å². The normalized spacial score (nSPS) is 10.4. The van der Waals surface area contributed by atoms with Crippen LogP contribution in [0.25, 0.3) is 0 Å². The SMILES string of the molecule is Cc1nn(C)c(Cl)c1C(=O)Nc1cccc(F)c1. The summed E-state index contributed by atoms with van der Waals surface area (Å²) in [5.41, 5.74) is 1.19. The zero-order chi connectivity index (χ0) is 13.3. The fourth-order valence-electron chi connectivity index (χ4n) is 1.65. The molecule has 0 aliphatic carbocycles. The van der Waals surface area contributed by atoms with Crippen LogP contribution in [-0.4, -0.2) is 15.7 Å². The summed E-state index contributed by atoms with van der Waals surface area (Å²) in [4.78, 5) is 12.0. The van der Waals surface area contributed by atoms with Crippen LogP contribution in [0.3, 0.4) is 0 Å². The highest BCUT2D eigenvalue weighted by atomic mass is 35.5. The Balaban J connectivity index is 2.27. The summed E-state index contributed by atoms with van der Waals surface area (Å²) in [5, 5.41) is 6.87. The minimum Gasteiger partial charge on any atom is -0.322 e. The van der Waals surface area contributed by atoms with Crippen molar-refractivity contribution < 1.29 is 9.18 Å². The molecule has 0 fully saturated rings. The largest absolute Gasteiger partial charge is 0.322 e. The maximum atomic E-state index is 13.0. The molecule has 0 aliphatic heterocycles. The average Bonchev–Trinajstić information content (AvgIpc) is 2.53. The van der Waals surface area contributed by atoms with Gasteiger partial charge in [0.1, 0.15) is 11.0 Å². The molecule has 0 aliphatic rings. The highest BCUT2D eigenvalue weighted by Crippen LogP contribution is 2.20. The Morgan fingerprint density at radius 3 is 2.78 bits per heavy atom. The van der Waals surface area contributed by atoms with Gasteiger partial charge in [0.2, 0.25) is 0 Å². The summed E-state index contributed by atoms with van der Waals surface area (Å²) >= 11 is 5.97. The lowest BCUT2D eigenvalue weighted by atomic mass is 10.2. The Morgan fingerprint density at radius 2 is 2.22 bits per heavy atom. The van der Waals surface area contributed by atoms with Crippen LogP contribution in [0, 0.1) is 12.7 Å². The molecule has 1 amide bonds. The van der Waals surface area contributed by atoms with E-state index in [1.54, 1.807) is 20.0 Å². The van der Waals surface area contributed by atoms with Crippen molar-refractivity contribution in [1.29, 1.82) is 0 Å². The molecule has 4 nitrogen and oxygen atoms in total. The Hall–Kier alpha value is -1.88. The van der Waals surface area contributed by atoms with E-state index in [0.717, 1.165) is 0 Å². The first-order chi connectivity index (χ1) is 8.49. The van der Waals surface area contributed by atoms with Gasteiger partial charge in [0.15, 0.2) is 0 Å². The Labute approximate surface area is 108 Å². The molecule has 0 atom stereocenters. The zero-order valence-electron chi connectivity index (χ0n) is 9.87. The molecule has 6 heteroatoms. The topological polar surface area (TPSA) is 46.9 Å². The van der Waals surface area contributed by atoms with Gasteiger partial charge in [-0.2, -0.15) is 5.10 Å². The van der Waals surface area contributed by atoms with Crippen molar-refractivity contribution in [1.82, 2.24) is 9.78 Å². The van der Waals surface area contributed by atoms with Gasteiger partial charge in [-0.05, 0) is 25.1 Å². The number of nitrogens with zero attached hydrogens (tertiary/aromatic N) is 2. The monoisotopic (exact) mass is 267 g/mol. The molecule has 18 heavy (non-hydrogen) atoms. The van der Waals surface area contributed by atoms with Crippen LogP contribution in [0.2, 0.25) is 5.15 Å². The lowest BCUT2D eigenvalue weighted by Gasteiger charge is -2.04. The first kappa shape index (κ1) is 12.6. The van der Waals surface area contributed by atoms with Gasteiger partial charge in [0, 0.05) is 12.7 Å². The predicted octanol–water partition coefficient (Wildman–Crippen LogP) is 2.77. The number of benzene rings is 1. The molecule has 0 spiro atoms. The summed E-state index contributed by atoms with van der Waals surface area (Å²) in [5.74, 6) is -0.821. The molecule has 2 rings (SSSR count). The molecule has 0 radical (unpaired) electrons. The van der Waals surface area contributed by atoms with Crippen LogP contribution in [0.5, 0.6) is 0 Å². The minimum atomic E-state index is -0.415. The number of hydrogen-bond acceptors (Lipinski definition) is 2. The molecule has 1 N–H and O–H groups in total. The van der Waals surface area contributed by atoms with Gasteiger partial charge in [-0.25, -0.2) is 4.39 Å². The third-order valence-electron chi connectivity index (χ3n) is 2.46. The summed E-state index contributed by atoms with van der Waals surface area (Å²) in [6.45, 7) is 1.69. The maximum absolute atomic E-state index is 13.0. The van der Waals surface area contributed by atoms with Crippen LogP contribution in [0.15, 0.2) is 24.3 Å². The fraction of sp³-hybridized carbons (Fsp3) is 0.167. The molecule has 1 aromatic carbocycles. The number of aryl methyl sites for hydroxylation is 2. The van der Waals surface area contributed by atoms with E-state index in [1.807, 2.05) is 0 Å². The number of halogens is 2. The Bertz CT molecular complexity index is 609. The average molecular weight is 268 g/mol. The second-order valence-corrected chi connectivity index (χ2v) is 4.20. The molecular formula is C12H11ClFN3O. The van der Waals surface area contributed by atoms with Crippen molar-refractivity contribution in [3.05, 3.63) is 46.5 Å². The first-order valence-electron chi connectivity index (χ1n) is 5.25. The molecular weight excluding hydrogens is 257 g/mol. The van der Waals surface area contributed by atoms with Crippen molar-refractivity contribution in [3.8, 4) is 0 Å². The molecule has 2 aromatic rings. The van der Waals surface area contributed by atoms with Crippen molar-refractivity contribution in [2.45, 2.75) is 6.92 Å². The fourth-order valence-corrected chi connectivity index (χ4v) is 1.91. The number of aromatic nitrogens is 2. The molecule has 0 saturated carbocycles. The number of carbonyl (C=O) groups excluding carboxylic acids is 1. The van der Waals surface area contributed by atoms with Crippen LogP contribution < -0.4 is 5.32 Å². The highest BCUT2D eigenvalue weighted by Gasteiger charge is 2.18. The minimum absolute atomic E-state index is 0.251. The number of hydrogen-bond donors (Lipinski definition) is 1. The third kappa shape index (κ3) is 2.36. The van der Waals surface area contributed by atoms with Gasteiger partial charge in [0.25, 0.3) is 5.91 Å². The molecule has 94 valence electrons. The van der Waals surface area contributed by atoms with E-state index >= 15 is 0 Å². The second-order valence-electron chi connectivity index (χ2n) is 3.84. The molecule has 1 heterocycles. The summed E-state index contributed by atoms with van der Waals surface area (Å²) in [6.07, 6.45) is 0. The summed E-state index contributed by atoms with van der Waals surface area (Å²) in [6, 6.07) is 5.65. The summed E-state index contributed by atoms with van der Waals surface area (Å²) < 4.78 is 14.4. The standard InChI is InChI=1S/C12H11ClFN3O/c1-7-10(11(13)17(2)16-7)12(18)15-9-5-3-4-8(14)6-9/h3-6H,1-2H3,(H,15,18). The second kappa shape index (κ2) is 4.78. The van der Waals surface area contributed by atoms with Crippen LogP contribution in [-0.2, 0) is 7.05 Å². The zero-order valence-corrected chi connectivity index (χ0v) is 10.6. The predicted molar refractivity (Wildman–Crippen MR) is 67.3 cm³/mol. The van der Waals surface area contributed by atoms with Gasteiger partial charge in [-0.3, -0.25) is 9.48 Å². The summed E-state index contributed by atoms with van der Waals surface area (Å²) in [7, 11) is 1.65. The first-order valence-corrected chi connectivity index (χ1v) is 5.63. The molecule has 0 saturated heterocycles. The van der Waals surface area contributed by atoms with Gasteiger partial charge in [0.05, 0.1) is 11.3 Å². The number of nitrogens with one attached hydrogen (secondary N) is 1. The smallest absolute Gasteiger partial charge is 0.260 e. The molecule has 0 bridgehead atoms. The van der Waals surface area contributed by atoms with Crippen molar-refractivity contribution in [2.75, 3.05) is 5.32 Å². The van der Waals surface area contributed by atoms with Crippen LogP contribution >= 0.6 is 11.6 Å². The van der Waals surface area contributed by atoms with Gasteiger partial charge < -0.3 is 5.32 Å². The number of rotatable bonds is 2. The van der Waals surface area contributed by atoms with Gasteiger partial charge >= 0.3 is 0 Å². The van der Waals surface area contributed by atoms with Crippen LogP contribution in [0.1, 0.15) is 16.1 Å². The Morgan fingerprint density at radius 1 is 1.50 bits per heavy atom. The maximum Gasteiger partial charge on any atom is 0.260 e. The lowest BCUT2D eigenvalue weighted by molar-refractivity contribution is 0.102. The van der Waals surface area contributed by atoms with E-state index in [9.17, 15) is 9.18 Å². The van der Waals surface area contributed by atoms with E-state index in [0.29, 0.717) is 16.9 Å². The quantitative estimate of drug-likeness (QED) is 0.909. The van der Waals surface area contributed by atoms with Crippen molar-refractivity contribution >= 4 is 23.2 Å². The van der Waals surface area contributed by atoms with Gasteiger partial charge in [-0.15, -0.1) is 0 Å². The number of amides is 1. The van der Waals surface area contributed by atoms with E-state index in [1.165, 1.54) is 22.9 Å². The Kier molecular flexibility index (Phi) is 3.34. The number of anilines is 1. The van der Waals surface area contributed by atoms with Crippen molar-refractivity contribution in [3.63, 3.8) is 0 Å². The lowest BCUT2D eigenvalue weighted by Crippen LogP contribution is -2.13. The molecule has 1 aromatic heterocycles. The highest BCUT2D eigenvalue weighted by molar-refractivity contribution is 6.33. The van der Waals surface area contributed by atoms with E-state index in [4.69, 9.17) is 11.6 Å². The van der Waals surface area contributed by atoms with E-state index < -0.39 is 11.7 Å².